The average Bonchev–Trinajstić information content (AvgIpc) is 3.35. The first kappa shape index (κ1) is 25.6. The summed E-state index contributed by atoms with van der Waals surface area (Å²) in [5, 5.41) is 2.60. The quantitative estimate of drug-likeness (QED) is 0.278. The van der Waals surface area contributed by atoms with Crippen molar-refractivity contribution < 1.29 is 27.6 Å². The van der Waals surface area contributed by atoms with E-state index in [1.54, 1.807) is 16.8 Å². The van der Waals surface area contributed by atoms with Crippen LogP contribution in [0.2, 0.25) is 5.02 Å². The number of benzene rings is 3. The molecule has 1 fully saturated rings. The van der Waals surface area contributed by atoms with Gasteiger partial charge in [0.05, 0.1) is 17.1 Å². The highest BCUT2D eigenvalue weighted by Gasteiger charge is 2.36. The minimum atomic E-state index is -0.986. The number of amides is 3. The van der Waals surface area contributed by atoms with Crippen LogP contribution in [-0.2, 0) is 16.1 Å². The Morgan fingerprint density at radius 2 is 1.79 bits per heavy atom. The molecule has 5 rings (SSSR count). The highest BCUT2D eigenvalue weighted by Crippen LogP contribution is 2.34. The summed E-state index contributed by atoms with van der Waals surface area (Å²) in [4.78, 5) is 38.7. The zero-order chi connectivity index (χ0) is 27.0. The number of hydrogen-bond donors (Lipinski definition) is 1. The van der Waals surface area contributed by atoms with E-state index in [0.29, 0.717) is 29.0 Å². The number of nitrogens with zero attached hydrogens (tertiary/aromatic N) is 2. The van der Waals surface area contributed by atoms with Crippen molar-refractivity contribution in [1.82, 2.24) is 9.47 Å². The van der Waals surface area contributed by atoms with Crippen molar-refractivity contribution in [1.29, 1.82) is 0 Å². The van der Waals surface area contributed by atoms with Gasteiger partial charge in [-0.15, -0.1) is 0 Å². The summed E-state index contributed by atoms with van der Waals surface area (Å²) in [6.45, 7) is -0.506. The van der Waals surface area contributed by atoms with Gasteiger partial charge in [-0.3, -0.25) is 19.3 Å². The molecule has 1 saturated heterocycles. The van der Waals surface area contributed by atoms with Crippen LogP contribution in [0.5, 0.6) is 0 Å². The van der Waals surface area contributed by atoms with Crippen LogP contribution >= 0.6 is 23.4 Å². The Morgan fingerprint density at radius 1 is 1.00 bits per heavy atom. The van der Waals surface area contributed by atoms with Crippen molar-refractivity contribution in [2.24, 2.45) is 0 Å². The Balaban J connectivity index is 1.39. The van der Waals surface area contributed by atoms with Gasteiger partial charge in [0.2, 0.25) is 5.91 Å². The lowest BCUT2D eigenvalue weighted by Crippen LogP contribution is -2.36. The van der Waals surface area contributed by atoms with Crippen molar-refractivity contribution in [2.75, 3.05) is 11.9 Å². The summed E-state index contributed by atoms with van der Waals surface area (Å²) >= 11 is 6.87. The Bertz CT molecular complexity index is 1630. The molecule has 1 aliphatic heterocycles. The molecule has 0 unspecified atom stereocenters. The zero-order valence-corrected chi connectivity index (χ0v) is 21.0. The minimum absolute atomic E-state index is 0.0857. The Morgan fingerprint density at radius 3 is 2.55 bits per heavy atom. The smallest absolute Gasteiger partial charge is 0.294 e. The number of halogens is 4. The van der Waals surface area contributed by atoms with Gasteiger partial charge in [0.15, 0.2) is 0 Å². The van der Waals surface area contributed by atoms with E-state index in [2.05, 4.69) is 5.32 Å². The molecule has 38 heavy (non-hydrogen) atoms. The number of fused-ring (bicyclic) bond motifs is 1. The van der Waals surface area contributed by atoms with Crippen LogP contribution in [0.3, 0.4) is 0 Å². The van der Waals surface area contributed by atoms with Gasteiger partial charge in [0.25, 0.3) is 11.1 Å². The lowest BCUT2D eigenvalue weighted by molar-refractivity contribution is -0.127. The molecule has 1 aromatic heterocycles. The molecule has 0 saturated carbocycles. The molecule has 2 heterocycles. The number of imide groups is 1. The second-order valence-corrected chi connectivity index (χ2v) is 9.77. The van der Waals surface area contributed by atoms with E-state index in [1.807, 2.05) is 24.3 Å². The number of anilines is 1. The first-order valence-electron chi connectivity index (χ1n) is 11.2. The molecule has 192 valence electrons. The molecule has 3 amide bonds. The SMILES string of the molecule is O=C(CN1C(=O)S/C(=C/c2cn(Cc3c(F)cccc3Cl)c3ccccc23)C1=O)Nc1ccc(F)cc1F. The number of para-hydroxylation sites is 1. The number of rotatable bonds is 6. The predicted octanol–water partition coefficient (Wildman–Crippen LogP) is 6.44. The van der Waals surface area contributed by atoms with E-state index >= 15 is 0 Å². The molecule has 0 bridgehead atoms. The van der Waals surface area contributed by atoms with Crippen LogP contribution in [0.25, 0.3) is 17.0 Å². The van der Waals surface area contributed by atoms with Crippen LogP contribution in [0.15, 0.2) is 71.8 Å². The second-order valence-electron chi connectivity index (χ2n) is 8.37. The van der Waals surface area contributed by atoms with Gasteiger partial charge >= 0.3 is 0 Å². The fraction of sp³-hybridized carbons (Fsp3) is 0.0741. The molecule has 6 nitrogen and oxygen atoms in total. The molecular formula is C27H17ClF3N3O3S. The summed E-state index contributed by atoms with van der Waals surface area (Å²) in [7, 11) is 0. The largest absolute Gasteiger partial charge is 0.342 e. The number of hydrogen-bond acceptors (Lipinski definition) is 4. The molecule has 0 spiro atoms. The van der Waals surface area contributed by atoms with Crippen molar-refractivity contribution in [2.45, 2.75) is 6.54 Å². The third-order valence-electron chi connectivity index (χ3n) is 5.88. The van der Waals surface area contributed by atoms with E-state index in [1.165, 1.54) is 18.2 Å². The Labute approximate surface area is 223 Å². The van der Waals surface area contributed by atoms with Gasteiger partial charge < -0.3 is 9.88 Å². The number of carbonyl (C=O) groups is 3. The molecule has 1 N–H and O–H groups in total. The minimum Gasteiger partial charge on any atom is -0.342 e. The monoisotopic (exact) mass is 555 g/mol. The van der Waals surface area contributed by atoms with E-state index in [4.69, 9.17) is 11.6 Å². The van der Waals surface area contributed by atoms with Gasteiger partial charge in [-0.05, 0) is 48.2 Å². The molecule has 0 aliphatic carbocycles. The van der Waals surface area contributed by atoms with Gasteiger partial charge in [-0.2, -0.15) is 0 Å². The standard InChI is InChI=1S/C27H17ClF3N3O3S/c28-19-5-3-6-20(30)18(19)13-33-12-15(17-4-1-2-7-23(17)33)10-24-26(36)34(27(37)38-24)14-25(35)32-22-9-8-16(29)11-21(22)31/h1-12H,13-14H2,(H,32,35)/b24-10+. The van der Waals surface area contributed by atoms with E-state index in [9.17, 15) is 27.6 Å². The maximum atomic E-state index is 14.4. The molecular weight excluding hydrogens is 539 g/mol. The summed E-state index contributed by atoms with van der Waals surface area (Å²) < 4.78 is 43.2. The number of aromatic nitrogens is 1. The fourth-order valence-electron chi connectivity index (χ4n) is 4.08. The average molecular weight is 556 g/mol. The van der Waals surface area contributed by atoms with Crippen LogP contribution in [0.1, 0.15) is 11.1 Å². The number of nitrogens with one attached hydrogen (secondary N) is 1. The third-order valence-corrected chi connectivity index (χ3v) is 7.14. The van der Waals surface area contributed by atoms with Gasteiger partial charge in [0, 0.05) is 39.3 Å². The Kier molecular flexibility index (Phi) is 7.00. The van der Waals surface area contributed by atoms with E-state index < -0.39 is 41.0 Å². The zero-order valence-electron chi connectivity index (χ0n) is 19.4. The summed E-state index contributed by atoms with van der Waals surface area (Å²) in [6, 6.07) is 14.4. The predicted molar refractivity (Wildman–Crippen MR) is 140 cm³/mol. The van der Waals surface area contributed by atoms with Crippen molar-refractivity contribution in [3.05, 3.63) is 105 Å². The van der Waals surface area contributed by atoms with Gasteiger partial charge in [-0.25, -0.2) is 13.2 Å². The first-order chi connectivity index (χ1) is 18.2. The second kappa shape index (κ2) is 10.4. The van der Waals surface area contributed by atoms with Crippen molar-refractivity contribution in [3.8, 4) is 0 Å². The van der Waals surface area contributed by atoms with Crippen LogP contribution < -0.4 is 5.32 Å². The lowest BCUT2D eigenvalue weighted by atomic mass is 10.1. The Hall–Kier alpha value is -4.02. The van der Waals surface area contributed by atoms with E-state index in [0.717, 1.165) is 27.9 Å². The lowest BCUT2D eigenvalue weighted by Gasteiger charge is -2.12. The van der Waals surface area contributed by atoms with Crippen LogP contribution in [-0.4, -0.2) is 33.1 Å². The van der Waals surface area contributed by atoms with Gasteiger partial charge in [-0.1, -0.05) is 35.9 Å². The summed E-state index contributed by atoms with van der Waals surface area (Å²) in [6.07, 6.45) is 3.26. The van der Waals surface area contributed by atoms with Crippen LogP contribution in [0, 0.1) is 17.5 Å². The topological polar surface area (TPSA) is 71.4 Å². The number of carbonyl (C=O) groups excluding carboxylic acids is 3. The fourth-order valence-corrected chi connectivity index (χ4v) is 5.13. The molecule has 0 radical (unpaired) electrons. The number of thioether (sulfide) groups is 1. The molecule has 1 aliphatic rings. The van der Waals surface area contributed by atoms with E-state index in [-0.39, 0.29) is 22.2 Å². The van der Waals surface area contributed by atoms with Crippen molar-refractivity contribution >= 4 is 63.1 Å². The van der Waals surface area contributed by atoms with Crippen LogP contribution in [0.4, 0.5) is 23.7 Å². The van der Waals surface area contributed by atoms with Gasteiger partial charge in [0.1, 0.15) is 24.0 Å². The molecule has 4 aromatic rings. The van der Waals surface area contributed by atoms with Crippen molar-refractivity contribution in [3.63, 3.8) is 0 Å². The molecule has 11 heteroatoms. The molecule has 3 aromatic carbocycles. The third kappa shape index (κ3) is 5.05. The summed E-state index contributed by atoms with van der Waals surface area (Å²) in [5.74, 6) is -3.76. The highest BCUT2D eigenvalue weighted by atomic mass is 35.5. The maximum Gasteiger partial charge on any atom is 0.294 e. The highest BCUT2D eigenvalue weighted by molar-refractivity contribution is 8.18. The summed E-state index contributed by atoms with van der Waals surface area (Å²) in [5.41, 5.74) is 1.40. The normalized spacial score (nSPS) is 14.6. The maximum absolute atomic E-state index is 14.4. The first-order valence-corrected chi connectivity index (χ1v) is 12.4. The molecule has 0 atom stereocenters.